The van der Waals surface area contributed by atoms with Crippen molar-refractivity contribution in [3.63, 3.8) is 0 Å². The van der Waals surface area contributed by atoms with Crippen LogP contribution in [-0.4, -0.2) is 66.4 Å². The number of aliphatic hydroxyl groups is 2. The summed E-state index contributed by atoms with van der Waals surface area (Å²) in [6.45, 7) is 1.67. The molecule has 0 aromatic heterocycles. The molecule has 3 atom stereocenters. The number of nitrogens with one attached hydrogen (secondary N) is 1. The number of halogens is 1. The molecule has 2 heterocycles. The van der Waals surface area contributed by atoms with Gasteiger partial charge in [0.25, 0.3) is 0 Å². The van der Waals surface area contributed by atoms with E-state index in [1.54, 1.807) is 25.1 Å². The van der Waals surface area contributed by atoms with E-state index < -0.39 is 34.8 Å². The zero-order valence-electron chi connectivity index (χ0n) is 24.6. The maximum Gasteiger partial charge on any atom is 0.231 e. The van der Waals surface area contributed by atoms with Crippen molar-refractivity contribution in [1.82, 2.24) is 5.32 Å². The number of hydrogen-bond acceptors (Lipinski definition) is 10. The molecular weight excluding hydrogens is 594 g/mol. The second-order valence-corrected chi connectivity index (χ2v) is 12.1. The summed E-state index contributed by atoms with van der Waals surface area (Å²) in [4.78, 5) is 41.6. The molecule has 2 aromatic rings. The third kappa shape index (κ3) is 4.82. The van der Waals surface area contributed by atoms with E-state index in [0.29, 0.717) is 42.7 Å². The molecule has 6 rings (SSSR count). The quantitative estimate of drug-likeness (QED) is 0.403. The number of allylic oxidation sites excluding steroid dienone is 1. The summed E-state index contributed by atoms with van der Waals surface area (Å²) in [6, 6.07) is 6.40. The van der Waals surface area contributed by atoms with Crippen LogP contribution >= 0.6 is 11.6 Å². The van der Waals surface area contributed by atoms with Crippen LogP contribution in [0.25, 0.3) is 0 Å². The largest absolute Gasteiger partial charge is 0.507 e. The van der Waals surface area contributed by atoms with Gasteiger partial charge >= 0.3 is 0 Å². The van der Waals surface area contributed by atoms with Gasteiger partial charge in [0.2, 0.25) is 24.1 Å². The Kier molecular flexibility index (Phi) is 7.87. The molecule has 1 spiro atoms. The number of ether oxygens (including phenoxy) is 5. The van der Waals surface area contributed by atoms with Crippen LogP contribution in [0.15, 0.2) is 35.6 Å². The second-order valence-electron chi connectivity index (χ2n) is 11.7. The van der Waals surface area contributed by atoms with Crippen LogP contribution in [0.5, 0.6) is 28.7 Å². The average molecular weight is 628 g/mol. The first kappa shape index (κ1) is 30.1. The second kappa shape index (κ2) is 11.5. The van der Waals surface area contributed by atoms with E-state index in [1.165, 1.54) is 20.3 Å². The Morgan fingerprint density at radius 3 is 2.50 bits per heavy atom. The summed E-state index contributed by atoms with van der Waals surface area (Å²) >= 11 is 6.58. The number of amides is 1. The van der Waals surface area contributed by atoms with Crippen LogP contribution in [0.2, 0.25) is 5.02 Å². The van der Waals surface area contributed by atoms with Gasteiger partial charge < -0.3 is 39.2 Å². The van der Waals surface area contributed by atoms with E-state index in [0.717, 1.165) is 0 Å². The summed E-state index contributed by atoms with van der Waals surface area (Å²) < 4.78 is 28.1. The van der Waals surface area contributed by atoms with Crippen LogP contribution in [0, 0.1) is 5.92 Å². The van der Waals surface area contributed by atoms with E-state index >= 15 is 0 Å². The van der Waals surface area contributed by atoms with Gasteiger partial charge in [-0.15, -0.1) is 0 Å². The molecule has 0 saturated heterocycles. The molecule has 2 aliphatic carbocycles. The Morgan fingerprint density at radius 2 is 1.80 bits per heavy atom. The van der Waals surface area contributed by atoms with Crippen LogP contribution in [0.4, 0.5) is 0 Å². The minimum absolute atomic E-state index is 0.0168. The zero-order valence-corrected chi connectivity index (χ0v) is 25.4. The lowest BCUT2D eigenvalue weighted by molar-refractivity contribution is -0.122. The molecule has 3 unspecified atom stereocenters. The van der Waals surface area contributed by atoms with E-state index in [4.69, 9.17) is 35.3 Å². The fourth-order valence-corrected chi connectivity index (χ4v) is 7.01. The van der Waals surface area contributed by atoms with Crippen LogP contribution in [0.3, 0.4) is 0 Å². The highest BCUT2D eigenvalue weighted by atomic mass is 35.5. The molecule has 11 nitrogen and oxygen atoms in total. The van der Waals surface area contributed by atoms with Crippen LogP contribution in [-0.2, 0) is 9.59 Å². The number of ketones is 2. The van der Waals surface area contributed by atoms with Crippen molar-refractivity contribution in [2.75, 3.05) is 21.0 Å². The molecule has 0 bridgehead atoms. The molecular formula is C32H34ClNO10. The molecule has 3 N–H and O–H groups in total. The highest BCUT2D eigenvalue weighted by molar-refractivity contribution is 6.35. The average Bonchev–Trinajstić information content (AvgIpc) is 3.60. The fourth-order valence-electron chi connectivity index (χ4n) is 6.75. The molecule has 4 aliphatic rings. The number of methoxy groups -OCH3 is 2. The van der Waals surface area contributed by atoms with Gasteiger partial charge in [-0.1, -0.05) is 24.6 Å². The maximum atomic E-state index is 14.3. The number of Topliss-reactive ketones (excluding diaryl/α,β-unsaturated/α-hetero) is 2. The molecule has 1 fully saturated rings. The minimum atomic E-state index is -1.99. The number of benzene rings is 2. The third-order valence-electron chi connectivity index (χ3n) is 9.11. The molecule has 234 valence electrons. The molecule has 2 aromatic carbocycles. The summed E-state index contributed by atoms with van der Waals surface area (Å²) in [5.74, 6) is -2.40. The summed E-state index contributed by atoms with van der Waals surface area (Å²) in [5, 5.41) is 25.0. The molecule has 2 aliphatic heterocycles. The number of carbonyl (C=O) groups excluding carboxylic acids is 3. The molecule has 12 heteroatoms. The maximum absolute atomic E-state index is 14.3. The first-order valence-corrected chi connectivity index (χ1v) is 15.0. The van der Waals surface area contributed by atoms with Gasteiger partial charge in [-0.05, 0) is 43.4 Å². The van der Waals surface area contributed by atoms with Crippen molar-refractivity contribution in [2.45, 2.75) is 69.1 Å². The van der Waals surface area contributed by atoms with Gasteiger partial charge in [0.05, 0.1) is 20.3 Å². The van der Waals surface area contributed by atoms with Gasteiger partial charge in [-0.2, -0.15) is 0 Å². The zero-order chi connectivity index (χ0) is 31.3. The topological polar surface area (TPSA) is 150 Å². The lowest BCUT2D eigenvalue weighted by Crippen LogP contribution is -2.53. The Labute approximate surface area is 259 Å². The van der Waals surface area contributed by atoms with E-state index in [-0.39, 0.29) is 71.1 Å². The number of carbonyl (C=O) groups is 3. The normalized spacial score (nSPS) is 26.3. The lowest BCUT2D eigenvalue weighted by Gasteiger charge is -2.39. The highest BCUT2D eigenvalue weighted by Crippen LogP contribution is 2.56. The van der Waals surface area contributed by atoms with Crippen molar-refractivity contribution in [1.29, 1.82) is 0 Å². The van der Waals surface area contributed by atoms with Gasteiger partial charge in [0.15, 0.2) is 28.8 Å². The standard InChI is InChI=1S/C32H34ClNO10/c1-15-10-20(36)26(30(38)32(15)31(39)27-23(40-2)13-24(41-3)28(33)29(27)44-32)19(16-4-9-21-22(11-16)43-14-42-21)12-25(37)34-17-5-7-18(35)8-6-17/h4,9,11,13,15,17-19,35,38H,5-8,10,12,14H2,1-3H3,(H,34,37). The predicted octanol–water partition coefficient (Wildman–Crippen LogP) is 4.41. The van der Waals surface area contributed by atoms with Gasteiger partial charge in [-0.25, -0.2) is 0 Å². The van der Waals surface area contributed by atoms with Crippen LogP contribution < -0.4 is 29.0 Å². The van der Waals surface area contributed by atoms with Crippen molar-refractivity contribution in [3.8, 4) is 28.7 Å². The first-order valence-electron chi connectivity index (χ1n) is 14.6. The number of hydrogen-bond donors (Lipinski definition) is 3. The molecule has 1 saturated carbocycles. The Morgan fingerprint density at radius 1 is 1.09 bits per heavy atom. The summed E-state index contributed by atoms with van der Waals surface area (Å²) in [5.41, 5.74) is -1.54. The van der Waals surface area contributed by atoms with Gasteiger partial charge in [-0.3, -0.25) is 14.4 Å². The predicted molar refractivity (Wildman–Crippen MR) is 157 cm³/mol. The lowest BCUT2D eigenvalue weighted by atomic mass is 9.69. The molecule has 0 radical (unpaired) electrons. The van der Waals surface area contributed by atoms with Crippen molar-refractivity contribution in [2.24, 2.45) is 5.92 Å². The van der Waals surface area contributed by atoms with E-state index in [9.17, 15) is 24.6 Å². The monoisotopic (exact) mass is 627 g/mol. The third-order valence-corrected chi connectivity index (χ3v) is 9.47. The minimum Gasteiger partial charge on any atom is -0.507 e. The summed E-state index contributed by atoms with van der Waals surface area (Å²) in [7, 11) is 2.80. The Balaban J connectivity index is 1.45. The van der Waals surface area contributed by atoms with Crippen LogP contribution in [0.1, 0.15) is 67.3 Å². The van der Waals surface area contributed by atoms with Crippen molar-refractivity contribution >= 4 is 29.1 Å². The fraction of sp³-hybridized carbons (Fsp3) is 0.469. The summed E-state index contributed by atoms with van der Waals surface area (Å²) in [6.07, 6.45) is 1.69. The van der Waals surface area contributed by atoms with Gasteiger partial charge in [0, 0.05) is 42.4 Å². The van der Waals surface area contributed by atoms with E-state index in [1.807, 2.05) is 0 Å². The molecule has 1 amide bonds. The number of rotatable bonds is 7. The van der Waals surface area contributed by atoms with Gasteiger partial charge in [0.1, 0.15) is 22.1 Å². The van der Waals surface area contributed by atoms with E-state index in [2.05, 4.69) is 5.32 Å². The smallest absolute Gasteiger partial charge is 0.231 e. The Bertz CT molecular complexity index is 1560. The first-order chi connectivity index (χ1) is 21.1. The van der Waals surface area contributed by atoms with Crippen molar-refractivity contribution < 1.29 is 48.3 Å². The molecule has 44 heavy (non-hydrogen) atoms. The SMILES string of the molecule is COc1cc(OC)c2c(c1Cl)OC1(C2=O)C(O)=C(C(CC(=O)NC2CCC(O)CC2)c2ccc3c(c2)OCO3)C(=O)CC1C. The number of aliphatic hydroxyl groups excluding tert-OH is 2. The number of fused-ring (bicyclic) bond motifs is 2. The van der Waals surface area contributed by atoms with Crippen molar-refractivity contribution in [3.05, 3.63) is 51.7 Å². The Hall–Kier alpha value is -3.96. The highest BCUT2D eigenvalue weighted by Gasteiger charge is 2.61.